The summed E-state index contributed by atoms with van der Waals surface area (Å²) in [6.45, 7) is 5.83. The fourth-order valence-electron chi connectivity index (χ4n) is 1.60. The predicted molar refractivity (Wildman–Crippen MR) is 65.2 cm³/mol. The average Bonchev–Trinajstić information content (AvgIpc) is 2.23. The lowest BCUT2D eigenvalue weighted by molar-refractivity contribution is 0.471. The van der Waals surface area contributed by atoms with Crippen molar-refractivity contribution >= 4 is 7.14 Å². The van der Waals surface area contributed by atoms with E-state index in [1.807, 2.05) is 32.9 Å². The maximum Gasteiger partial charge on any atom is 0.118 e. The Kier molecular flexibility index (Phi) is 3.98. The van der Waals surface area contributed by atoms with Crippen LogP contribution in [0.25, 0.3) is 0 Å². The number of aryl methyl sites for hydroxylation is 1. The lowest BCUT2D eigenvalue weighted by Gasteiger charge is -2.14. The summed E-state index contributed by atoms with van der Waals surface area (Å²) in [5, 5.41) is 9.39. The molecule has 0 aliphatic carbocycles. The second-order valence-corrected chi connectivity index (χ2v) is 7.67. The van der Waals surface area contributed by atoms with Gasteiger partial charge >= 0.3 is 0 Å². The zero-order chi connectivity index (χ0) is 11.5. The molecule has 0 heterocycles. The topological polar surface area (TPSA) is 37.3 Å². The molecule has 1 rings (SSSR count). The maximum absolute atomic E-state index is 12.3. The first kappa shape index (κ1) is 12.3. The zero-order valence-electron chi connectivity index (χ0n) is 9.66. The smallest absolute Gasteiger partial charge is 0.118 e. The molecule has 0 saturated heterocycles. The Morgan fingerprint density at radius 3 is 2.33 bits per heavy atom. The predicted octanol–water partition coefficient (Wildman–Crippen LogP) is 3.60. The minimum absolute atomic E-state index is 0.307. The van der Waals surface area contributed by atoms with Crippen molar-refractivity contribution in [3.05, 3.63) is 29.3 Å². The minimum Gasteiger partial charge on any atom is -0.508 e. The second-order valence-electron chi connectivity index (χ2n) is 3.97. The van der Waals surface area contributed by atoms with Gasteiger partial charge in [-0.3, -0.25) is 0 Å². The van der Waals surface area contributed by atoms with Gasteiger partial charge in [-0.1, -0.05) is 26.0 Å². The summed E-state index contributed by atoms with van der Waals surface area (Å²) >= 11 is 0. The largest absolute Gasteiger partial charge is 0.508 e. The molecule has 0 unspecified atom stereocenters. The van der Waals surface area contributed by atoms with Crippen LogP contribution in [0.5, 0.6) is 5.75 Å². The molecule has 1 N–H and O–H groups in total. The van der Waals surface area contributed by atoms with Crippen LogP contribution in [0.2, 0.25) is 0 Å². The molecule has 0 aliphatic rings. The number of aromatic hydroxyl groups is 1. The molecule has 15 heavy (non-hydrogen) atoms. The van der Waals surface area contributed by atoms with Gasteiger partial charge in [0.15, 0.2) is 0 Å². The van der Waals surface area contributed by atoms with Gasteiger partial charge in [0.25, 0.3) is 0 Å². The first-order valence-corrected chi connectivity index (χ1v) is 7.62. The van der Waals surface area contributed by atoms with Crippen LogP contribution in [0, 0.1) is 6.92 Å². The molecule has 0 fully saturated rings. The van der Waals surface area contributed by atoms with Crippen LogP contribution in [0.3, 0.4) is 0 Å². The van der Waals surface area contributed by atoms with E-state index < -0.39 is 7.14 Å². The van der Waals surface area contributed by atoms with Gasteiger partial charge in [-0.2, -0.15) is 0 Å². The quantitative estimate of drug-likeness (QED) is 0.796. The highest BCUT2D eigenvalue weighted by Gasteiger charge is 2.17. The van der Waals surface area contributed by atoms with Gasteiger partial charge in [-0.25, -0.2) is 0 Å². The van der Waals surface area contributed by atoms with Crippen LogP contribution >= 0.6 is 7.14 Å². The molecule has 0 amide bonds. The number of benzene rings is 1. The van der Waals surface area contributed by atoms with Crippen LogP contribution < -0.4 is 0 Å². The van der Waals surface area contributed by atoms with Gasteiger partial charge in [0.2, 0.25) is 0 Å². The summed E-state index contributed by atoms with van der Waals surface area (Å²) in [5.41, 5.74) is 1.92. The molecule has 2 nitrogen and oxygen atoms in total. The summed E-state index contributed by atoms with van der Waals surface area (Å²) in [7, 11) is -2.02. The van der Waals surface area contributed by atoms with Crippen LogP contribution in [0.4, 0.5) is 0 Å². The lowest BCUT2D eigenvalue weighted by Crippen LogP contribution is -1.94. The Bertz CT molecular complexity index is 377. The number of phenolic OH excluding ortho intramolecular Hbond substituents is 1. The van der Waals surface area contributed by atoms with Gasteiger partial charge in [0.05, 0.1) is 7.14 Å². The molecule has 0 atom stereocenters. The van der Waals surface area contributed by atoms with Crippen LogP contribution in [-0.2, 0) is 10.7 Å². The van der Waals surface area contributed by atoms with Crippen molar-refractivity contribution in [1.29, 1.82) is 0 Å². The third-order valence-corrected chi connectivity index (χ3v) is 6.13. The fourth-order valence-corrected chi connectivity index (χ4v) is 3.35. The maximum atomic E-state index is 12.3. The fraction of sp³-hybridized carbons (Fsp3) is 0.500. The van der Waals surface area contributed by atoms with Gasteiger partial charge in [0.1, 0.15) is 5.75 Å². The van der Waals surface area contributed by atoms with Crippen molar-refractivity contribution in [2.45, 2.75) is 26.9 Å². The van der Waals surface area contributed by atoms with Crippen LogP contribution in [0.15, 0.2) is 18.2 Å². The van der Waals surface area contributed by atoms with Gasteiger partial charge in [-0.05, 0) is 36.4 Å². The van der Waals surface area contributed by atoms with Crippen LogP contribution in [-0.4, -0.2) is 17.4 Å². The Labute approximate surface area is 91.7 Å². The van der Waals surface area contributed by atoms with E-state index in [2.05, 4.69) is 0 Å². The average molecular weight is 226 g/mol. The highest BCUT2D eigenvalue weighted by molar-refractivity contribution is 7.63. The van der Waals surface area contributed by atoms with Crippen LogP contribution in [0.1, 0.15) is 25.0 Å². The second kappa shape index (κ2) is 4.85. The summed E-state index contributed by atoms with van der Waals surface area (Å²) < 4.78 is 12.3. The Morgan fingerprint density at radius 2 is 1.87 bits per heavy atom. The molecule has 0 bridgehead atoms. The first-order chi connectivity index (χ1) is 7.00. The summed E-state index contributed by atoms with van der Waals surface area (Å²) in [6.07, 6.45) is 2.16. The van der Waals surface area contributed by atoms with E-state index in [0.29, 0.717) is 11.9 Å². The van der Waals surface area contributed by atoms with Gasteiger partial charge in [-0.15, -0.1) is 0 Å². The van der Waals surface area contributed by atoms with E-state index in [-0.39, 0.29) is 0 Å². The van der Waals surface area contributed by atoms with E-state index in [0.717, 1.165) is 23.5 Å². The minimum atomic E-state index is -2.02. The van der Waals surface area contributed by atoms with E-state index in [9.17, 15) is 9.67 Å². The molecule has 0 saturated carbocycles. The molecule has 84 valence electrons. The third-order valence-electron chi connectivity index (χ3n) is 2.88. The molecule has 1 aromatic rings. The summed E-state index contributed by atoms with van der Waals surface area (Å²) in [4.78, 5) is 0. The lowest BCUT2D eigenvalue weighted by atomic mass is 10.1. The van der Waals surface area contributed by atoms with E-state index in [1.54, 1.807) is 6.07 Å². The van der Waals surface area contributed by atoms with Gasteiger partial charge < -0.3 is 9.67 Å². The SMILES string of the molecule is CCP(=O)(CC)Cc1ccc(O)c(C)c1. The molecule has 0 aliphatic heterocycles. The molecular weight excluding hydrogens is 207 g/mol. The summed E-state index contributed by atoms with van der Waals surface area (Å²) in [6, 6.07) is 5.47. The van der Waals surface area contributed by atoms with Crippen molar-refractivity contribution in [3.8, 4) is 5.75 Å². The number of hydrogen-bond donors (Lipinski definition) is 1. The molecular formula is C12H19O2P. The standard InChI is InChI=1S/C12H19O2P/c1-4-15(14,5-2)9-11-6-7-12(13)10(3)8-11/h6-8,13H,4-5,9H2,1-3H3. The van der Waals surface area contributed by atoms with Crippen molar-refractivity contribution in [2.75, 3.05) is 12.3 Å². The van der Waals surface area contributed by atoms with E-state index >= 15 is 0 Å². The monoisotopic (exact) mass is 226 g/mol. The number of hydrogen-bond acceptors (Lipinski definition) is 2. The van der Waals surface area contributed by atoms with Crippen molar-refractivity contribution in [3.63, 3.8) is 0 Å². The first-order valence-electron chi connectivity index (χ1n) is 5.36. The Morgan fingerprint density at radius 1 is 1.27 bits per heavy atom. The highest BCUT2D eigenvalue weighted by atomic mass is 31.2. The summed E-state index contributed by atoms with van der Waals surface area (Å²) in [5.74, 6) is 0.307. The number of rotatable bonds is 4. The van der Waals surface area contributed by atoms with Crippen molar-refractivity contribution in [2.24, 2.45) is 0 Å². The Hall–Kier alpha value is -0.750. The zero-order valence-corrected chi connectivity index (χ0v) is 10.6. The van der Waals surface area contributed by atoms with Crippen molar-refractivity contribution < 1.29 is 9.67 Å². The molecule has 0 radical (unpaired) electrons. The van der Waals surface area contributed by atoms with E-state index in [4.69, 9.17) is 0 Å². The third kappa shape index (κ3) is 3.10. The normalized spacial score (nSPS) is 11.7. The molecule has 0 spiro atoms. The van der Waals surface area contributed by atoms with Gasteiger partial charge in [0, 0.05) is 6.16 Å². The molecule has 0 aromatic heterocycles. The van der Waals surface area contributed by atoms with Crippen molar-refractivity contribution in [1.82, 2.24) is 0 Å². The molecule has 1 aromatic carbocycles. The highest BCUT2D eigenvalue weighted by Crippen LogP contribution is 2.48. The number of phenols is 1. The Balaban J connectivity index is 2.90. The molecule has 3 heteroatoms. The van der Waals surface area contributed by atoms with E-state index in [1.165, 1.54) is 0 Å².